The predicted octanol–water partition coefficient (Wildman–Crippen LogP) is 3.17. The molecule has 4 heterocycles. The number of rotatable bonds is 2. The second-order valence-corrected chi connectivity index (χ2v) is 7.54. The first-order valence-corrected chi connectivity index (χ1v) is 9.33. The highest BCUT2D eigenvalue weighted by atomic mass is 32.1. The van der Waals surface area contributed by atoms with Gasteiger partial charge in [0.2, 0.25) is 0 Å². The van der Waals surface area contributed by atoms with Crippen molar-refractivity contribution in [3.8, 4) is 0 Å². The minimum absolute atomic E-state index is 0.774. The van der Waals surface area contributed by atoms with E-state index in [2.05, 4.69) is 40.2 Å². The number of hydrogen-bond acceptors (Lipinski definition) is 5. The summed E-state index contributed by atoms with van der Waals surface area (Å²) in [6.45, 7) is 5.68. The van der Waals surface area contributed by atoms with Crippen LogP contribution in [-0.2, 0) is 6.42 Å². The van der Waals surface area contributed by atoms with Gasteiger partial charge in [0.05, 0.1) is 5.39 Å². The molecule has 2 unspecified atom stereocenters. The van der Waals surface area contributed by atoms with Crippen LogP contribution in [0.15, 0.2) is 11.4 Å². The van der Waals surface area contributed by atoms with Crippen molar-refractivity contribution in [1.82, 2.24) is 14.9 Å². The van der Waals surface area contributed by atoms with Gasteiger partial charge < -0.3 is 9.80 Å². The fourth-order valence-electron chi connectivity index (χ4n) is 4.13. The van der Waals surface area contributed by atoms with Gasteiger partial charge in [-0.15, -0.1) is 11.3 Å². The van der Waals surface area contributed by atoms with Crippen molar-refractivity contribution in [1.29, 1.82) is 0 Å². The Labute approximate surface area is 136 Å². The van der Waals surface area contributed by atoms with Gasteiger partial charge in [-0.3, -0.25) is 0 Å². The first kappa shape index (κ1) is 14.4. The number of piperidine rings is 2. The monoisotopic (exact) mass is 316 g/mol. The average Bonchev–Trinajstić information content (AvgIpc) is 3.02. The van der Waals surface area contributed by atoms with Crippen LogP contribution in [0.3, 0.4) is 0 Å². The van der Waals surface area contributed by atoms with Gasteiger partial charge >= 0.3 is 0 Å². The molecule has 5 heteroatoms. The SMILES string of the molecule is CCc1nc(N2CCC3C(CCCN3C)C2)c2ccsc2n1. The van der Waals surface area contributed by atoms with E-state index in [4.69, 9.17) is 4.98 Å². The van der Waals surface area contributed by atoms with Gasteiger partial charge in [-0.25, -0.2) is 9.97 Å². The van der Waals surface area contributed by atoms with Gasteiger partial charge in [-0.05, 0) is 50.2 Å². The lowest BCUT2D eigenvalue weighted by molar-refractivity contribution is 0.102. The summed E-state index contributed by atoms with van der Waals surface area (Å²) < 4.78 is 0. The van der Waals surface area contributed by atoms with E-state index in [1.54, 1.807) is 11.3 Å². The highest BCUT2D eigenvalue weighted by Crippen LogP contribution is 2.34. The van der Waals surface area contributed by atoms with Crippen molar-refractivity contribution in [2.75, 3.05) is 31.6 Å². The Balaban J connectivity index is 1.66. The maximum Gasteiger partial charge on any atom is 0.141 e. The second kappa shape index (κ2) is 5.78. The Morgan fingerprint density at radius 1 is 1.27 bits per heavy atom. The molecule has 0 radical (unpaired) electrons. The molecule has 0 spiro atoms. The Morgan fingerprint density at radius 2 is 2.18 bits per heavy atom. The van der Waals surface area contributed by atoms with Crippen LogP contribution >= 0.6 is 11.3 Å². The van der Waals surface area contributed by atoms with Crippen molar-refractivity contribution < 1.29 is 0 Å². The Bertz CT molecular complexity index is 668. The van der Waals surface area contributed by atoms with Crippen molar-refractivity contribution >= 4 is 27.4 Å². The molecule has 4 rings (SSSR count). The maximum atomic E-state index is 4.88. The number of aromatic nitrogens is 2. The molecule has 22 heavy (non-hydrogen) atoms. The third-order valence-corrected chi connectivity index (χ3v) is 6.12. The summed E-state index contributed by atoms with van der Waals surface area (Å²) in [7, 11) is 2.30. The maximum absolute atomic E-state index is 4.88. The average molecular weight is 316 g/mol. The minimum atomic E-state index is 0.774. The van der Waals surface area contributed by atoms with Crippen molar-refractivity contribution in [3.63, 3.8) is 0 Å². The van der Waals surface area contributed by atoms with Crippen LogP contribution in [0, 0.1) is 5.92 Å². The number of likely N-dealkylation sites (tertiary alicyclic amines) is 1. The van der Waals surface area contributed by atoms with Crippen molar-refractivity contribution in [2.45, 2.75) is 38.6 Å². The number of nitrogens with zero attached hydrogens (tertiary/aromatic N) is 4. The molecule has 4 nitrogen and oxygen atoms in total. The highest BCUT2D eigenvalue weighted by Gasteiger charge is 2.35. The van der Waals surface area contributed by atoms with Crippen LogP contribution in [0.25, 0.3) is 10.2 Å². The third-order valence-electron chi connectivity index (χ3n) is 5.31. The van der Waals surface area contributed by atoms with E-state index in [0.717, 1.165) is 42.1 Å². The molecule has 0 bridgehead atoms. The predicted molar refractivity (Wildman–Crippen MR) is 92.8 cm³/mol. The fraction of sp³-hybridized carbons (Fsp3) is 0.647. The molecule has 2 atom stereocenters. The van der Waals surface area contributed by atoms with Crippen LogP contribution in [0.2, 0.25) is 0 Å². The van der Waals surface area contributed by atoms with Crippen LogP contribution in [0.5, 0.6) is 0 Å². The summed E-state index contributed by atoms with van der Waals surface area (Å²) in [5, 5.41) is 3.38. The topological polar surface area (TPSA) is 32.3 Å². The number of anilines is 1. The van der Waals surface area contributed by atoms with Gasteiger partial charge in [0.25, 0.3) is 0 Å². The molecule has 2 aliphatic rings. The van der Waals surface area contributed by atoms with E-state index in [0.29, 0.717) is 0 Å². The first-order chi connectivity index (χ1) is 10.8. The molecule has 0 aliphatic carbocycles. The lowest BCUT2D eigenvalue weighted by Crippen LogP contribution is -2.53. The summed E-state index contributed by atoms with van der Waals surface area (Å²) in [6, 6.07) is 2.96. The normalized spacial score (nSPS) is 26.4. The zero-order valence-electron chi connectivity index (χ0n) is 13.5. The lowest BCUT2D eigenvalue weighted by Gasteiger charge is -2.46. The zero-order valence-corrected chi connectivity index (χ0v) is 14.3. The van der Waals surface area contributed by atoms with E-state index in [1.807, 2.05) is 0 Å². The van der Waals surface area contributed by atoms with Crippen LogP contribution in [-0.4, -0.2) is 47.6 Å². The standard InChI is InChI=1S/C17H24N4S/c1-3-15-18-16(13-7-10-22-17(13)19-15)21-9-6-14-12(11-21)5-4-8-20(14)2/h7,10,12,14H,3-6,8-9,11H2,1-2H3. The van der Waals surface area contributed by atoms with E-state index in [1.165, 1.54) is 37.0 Å². The van der Waals surface area contributed by atoms with Crippen LogP contribution in [0.1, 0.15) is 32.0 Å². The molecule has 0 aromatic carbocycles. The summed E-state index contributed by atoms with van der Waals surface area (Å²) in [6.07, 6.45) is 4.87. The van der Waals surface area contributed by atoms with Crippen molar-refractivity contribution in [3.05, 3.63) is 17.3 Å². The number of hydrogen-bond donors (Lipinski definition) is 0. The van der Waals surface area contributed by atoms with Gasteiger partial charge in [0, 0.05) is 25.6 Å². The molecule has 0 saturated carbocycles. The Hall–Kier alpha value is -1.20. The van der Waals surface area contributed by atoms with E-state index >= 15 is 0 Å². The number of thiophene rings is 1. The molecular formula is C17H24N4S. The zero-order chi connectivity index (χ0) is 15.1. The minimum Gasteiger partial charge on any atom is -0.356 e. The Morgan fingerprint density at radius 3 is 3.05 bits per heavy atom. The first-order valence-electron chi connectivity index (χ1n) is 8.45. The summed E-state index contributed by atoms with van der Waals surface area (Å²) >= 11 is 1.73. The molecule has 2 aliphatic heterocycles. The lowest BCUT2D eigenvalue weighted by atomic mass is 9.84. The second-order valence-electron chi connectivity index (χ2n) is 6.64. The molecule has 2 aromatic heterocycles. The molecule has 118 valence electrons. The highest BCUT2D eigenvalue weighted by molar-refractivity contribution is 7.16. The van der Waals surface area contributed by atoms with E-state index < -0.39 is 0 Å². The van der Waals surface area contributed by atoms with Crippen LogP contribution in [0.4, 0.5) is 5.82 Å². The summed E-state index contributed by atoms with van der Waals surface area (Å²) in [5.41, 5.74) is 0. The van der Waals surface area contributed by atoms with Gasteiger partial charge in [-0.2, -0.15) is 0 Å². The fourth-order valence-corrected chi connectivity index (χ4v) is 4.90. The van der Waals surface area contributed by atoms with E-state index in [9.17, 15) is 0 Å². The van der Waals surface area contributed by atoms with E-state index in [-0.39, 0.29) is 0 Å². The van der Waals surface area contributed by atoms with Gasteiger partial charge in [0.15, 0.2) is 0 Å². The molecule has 0 amide bonds. The summed E-state index contributed by atoms with van der Waals surface area (Å²) in [4.78, 5) is 15.8. The number of aryl methyl sites for hydroxylation is 1. The van der Waals surface area contributed by atoms with Gasteiger partial charge in [0.1, 0.15) is 16.5 Å². The Kier molecular flexibility index (Phi) is 3.78. The largest absolute Gasteiger partial charge is 0.356 e. The molecular weight excluding hydrogens is 292 g/mol. The summed E-state index contributed by atoms with van der Waals surface area (Å²) in [5.74, 6) is 2.95. The van der Waals surface area contributed by atoms with Crippen molar-refractivity contribution in [2.24, 2.45) is 5.92 Å². The third kappa shape index (κ3) is 2.40. The smallest absolute Gasteiger partial charge is 0.141 e. The quantitative estimate of drug-likeness (QED) is 0.852. The van der Waals surface area contributed by atoms with Gasteiger partial charge in [-0.1, -0.05) is 6.92 Å². The molecule has 2 fully saturated rings. The molecule has 2 saturated heterocycles. The molecule has 0 N–H and O–H groups in total. The number of fused-ring (bicyclic) bond motifs is 2. The molecule has 2 aromatic rings. The van der Waals surface area contributed by atoms with Crippen LogP contribution < -0.4 is 4.90 Å².